The maximum absolute atomic E-state index is 4.74. The van der Waals surface area contributed by atoms with Crippen LogP contribution in [0.2, 0.25) is 0 Å². The third-order valence-corrected chi connectivity index (χ3v) is 6.17. The molecule has 0 fully saturated rings. The molecule has 0 spiro atoms. The van der Waals surface area contributed by atoms with Gasteiger partial charge in [-0.3, -0.25) is 15.1 Å². The number of pyridine rings is 3. The van der Waals surface area contributed by atoms with Gasteiger partial charge in [0.15, 0.2) is 11.5 Å². The molecule has 8 nitrogen and oxygen atoms in total. The number of aromatic amines is 2. The molecule has 0 aliphatic rings. The maximum atomic E-state index is 4.74. The molecule has 0 atom stereocenters. The fraction of sp³-hybridized carbons (Fsp3) is 0.125. The molecule has 0 amide bonds. The third-order valence-electron chi connectivity index (χ3n) is 5.49. The van der Waals surface area contributed by atoms with E-state index in [-0.39, 0.29) is 0 Å². The van der Waals surface area contributed by atoms with E-state index in [1.54, 1.807) is 23.7 Å². The lowest BCUT2D eigenvalue weighted by atomic mass is 10.1. The van der Waals surface area contributed by atoms with Gasteiger partial charge >= 0.3 is 0 Å². The number of hydrogen-bond acceptors (Lipinski definition) is 7. The molecule has 0 radical (unpaired) electrons. The standard InChI is InChI=1S/C24H20N8S/c1-32(2)12-14-7-16(10-25-9-14)19-8-18-20(11-27-19)30-31-22(18)24-28-21-17(15-4-6-33-13-15)3-5-26-23(21)29-24/h3-11,13H,12H2,1-2H3,(H,30,31)(H,26,28,29). The van der Waals surface area contributed by atoms with Crippen LogP contribution in [-0.4, -0.2) is 54.1 Å². The Balaban J connectivity index is 1.45. The Morgan fingerprint density at radius 3 is 2.82 bits per heavy atom. The summed E-state index contributed by atoms with van der Waals surface area (Å²) in [6.45, 7) is 0.818. The van der Waals surface area contributed by atoms with Crippen molar-refractivity contribution in [3.05, 3.63) is 65.4 Å². The molecule has 0 aliphatic carbocycles. The molecule has 6 rings (SSSR count). The number of fused-ring (bicyclic) bond motifs is 2. The first kappa shape index (κ1) is 19.7. The SMILES string of the molecule is CN(C)Cc1cncc(-c2cc3c(-c4nc5nccc(-c6ccsc6)c5[nH]4)n[nH]c3cn2)c1. The lowest BCUT2D eigenvalue weighted by Crippen LogP contribution is -2.10. The number of imidazole rings is 1. The number of nitrogens with zero attached hydrogens (tertiary/aromatic N) is 6. The normalized spacial score (nSPS) is 11.7. The van der Waals surface area contributed by atoms with Gasteiger partial charge in [-0.15, -0.1) is 0 Å². The summed E-state index contributed by atoms with van der Waals surface area (Å²) in [5.74, 6) is 0.670. The Morgan fingerprint density at radius 2 is 1.97 bits per heavy atom. The molecule has 33 heavy (non-hydrogen) atoms. The Labute approximate surface area is 193 Å². The predicted octanol–water partition coefficient (Wildman–Crippen LogP) is 4.75. The van der Waals surface area contributed by atoms with E-state index in [0.717, 1.165) is 56.6 Å². The zero-order valence-electron chi connectivity index (χ0n) is 18.1. The van der Waals surface area contributed by atoms with Gasteiger partial charge in [0.1, 0.15) is 5.69 Å². The predicted molar refractivity (Wildman–Crippen MR) is 131 cm³/mol. The van der Waals surface area contributed by atoms with Crippen LogP contribution in [0.4, 0.5) is 0 Å². The number of aromatic nitrogens is 7. The fourth-order valence-electron chi connectivity index (χ4n) is 4.02. The van der Waals surface area contributed by atoms with Gasteiger partial charge in [0, 0.05) is 41.6 Å². The van der Waals surface area contributed by atoms with Crippen molar-refractivity contribution in [2.45, 2.75) is 6.54 Å². The van der Waals surface area contributed by atoms with Gasteiger partial charge in [-0.1, -0.05) is 0 Å². The molecule has 6 aromatic heterocycles. The van der Waals surface area contributed by atoms with E-state index < -0.39 is 0 Å². The quantitative estimate of drug-likeness (QED) is 0.392. The van der Waals surface area contributed by atoms with Gasteiger partial charge in [-0.25, -0.2) is 9.97 Å². The van der Waals surface area contributed by atoms with Crippen molar-refractivity contribution in [3.63, 3.8) is 0 Å². The summed E-state index contributed by atoms with van der Waals surface area (Å²) in [4.78, 5) is 23.8. The first-order chi connectivity index (χ1) is 16.2. The number of hydrogen-bond donors (Lipinski definition) is 2. The average Bonchev–Trinajstić information content (AvgIpc) is 3.57. The van der Waals surface area contributed by atoms with E-state index in [1.807, 2.05) is 38.6 Å². The molecular weight excluding hydrogens is 432 g/mol. The average molecular weight is 453 g/mol. The highest BCUT2D eigenvalue weighted by atomic mass is 32.1. The second kappa shape index (κ2) is 7.88. The summed E-state index contributed by atoms with van der Waals surface area (Å²) in [6.07, 6.45) is 7.32. The Bertz CT molecular complexity index is 1580. The summed E-state index contributed by atoms with van der Waals surface area (Å²) in [7, 11) is 4.08. The minimum atomic E-state index is 0.666. The van der Waals surface area contributed by atoms with Crippen LogP contribution in [0, 0.1) is 0 Å². The number of nitrogens with one attached hydrogen (secondary N) is 2. The van der Waals surface area contributed by atoms with Crippen LogP contribution in [0.25, 0.3) is 56.0 Å². The molecular formula is C24H20N8S. The molecule has 0 saturated carbocycles. The van der Waals surface area contributed by atoms with Gasteiger partial charge < -0.3 is 9.88 Å². The summed E-state index contributed by atoms with van der Waals surface area (Å²) < 4.78 is 0. The van der Waals surface area contributed by atoms with Crippen LogP contribution < -0.4 is 0 Å². The summed E-state index contributed by atoms with van der Waals surface area (Å²) in [6, 6.07) is 8.26. The van der Waals surface area contributed by atoms with Gasteiger partial charge in [-0.2, -0.15) is 16.4 Å². The third kappa shape index (κ3) is 3.57. The van der Waals surface area contributed by atoms with Gasteiger partial charge in [0.25, 0.3) is 0 Å². The smallest absolute Gasteiger partial charge is 0.178 e. The van der Waals surface area contributed by atoms with Crippen LogP contribution in [0.1, 0.15) is 5.56 Å². The van der Waals surface area contributed by atoms with Crippen molar-refractivity contribution < 1.29 is 0 Å². The molecule has 162 valence electrons. The minimum absolute atomic E-state index is 0.666. The Kier molecular flexibility index (Phi) is 4.70. The van der Waals surface area contributed by atoms with Crippen molar-refractivity contribution in [1.82, 2.24) is 40.0 Å². The highest BCUT2D eigenvalue weighted by Gasteiger charge is 2.17. The molecule has 9 heteroatoms. The van der Waals surface area contributed by atoms with E-state index in [2.05, 4.69) is 57.9 Å². The molecule has 0 bridgehead atoms. The summed E-state index contributed by atoms with van der Waals surface area (Å²) in [5.41, 5.74) is 8.31. The Hall–Kier alpha value is -3.95. The van der Waals surface area contributed by atoms with Crippen LogP contribution in [0.3, 0.4) is 0 Å². The number of rotatable bonds is 5. The molecule has 0 saturated heterocycles. The van der Waals surface area contributed by atoms with E-state index in [1.165, 1.54) is 0 Å². The first-order valence-corrected chi connectivity index (χ1v) is 11.4. The summed E-state index contributed by atoms with van der Waals surface area (Å²) >= 11 is 1.67. The highest BCUT2D eigenvalue weighted by Crippen LogP contribution is 2.32. The van der Waals surface area contributed by atoms with Crippen molar-refractivity contribution in [2.75, 3.05) is 14.1 Å². The lowest BCUT2D eigenvalue weighted by molar-refractivity contribution is 0.402. The van der Waals surface area contributed by atoms with Crippen LogP contribution >= 0.6 is 11.3 Å². The number of H-pyrrole nitrogens is 2. The van der Waals surface area contributed by atoms with E-state index in [9.17, 15) is 0 Å². The van der Waals surface area contributed by atoms with E-state index >= 15 is 0 Å². The second-order valence-electron chi connectivity index (χ2n) is 8.16. The van der Waals surface area contributed by atoms with Crippen molar-refractivity contribution in [2.24, 2.45) is 0 Å². The monoisotopic (exact) mass is 452 g/mol. The van der Waals surface area contributed by atoms with E-state index in [0.29, 0.717) is 11.5 Å². The van der Waals surface area contributed by atoms with E-state index in [4.69, 9.17) is 4.98 Å². The van der Waals surface area contributed by atoms with Gasteiger partial charge in [0.2, 0.25) is 0 Å². The lowest BCUT2D eigenvalue weighted by Gasteiger charge is -2.10. The second-order valence-corrected chi connectivity index (χ2v) is 8.94. The van der Waals surface area contributed by atoms with Crippen molar-refractivity contribution in [1.29, 1.82) is 0 Å². The maximum Gasteiger partial charge on any atom is 0.178 e. The van der Waals surface area contributed by atoms with Crippen molar-refractivity contribution in [3.8, 4) is 33.9 Å². The van der Waals surface area contributed by atoms with Crippen LogP contribution in [0.5, 0.6) is 0 Å². The van der Waals surface area contributed by atoms with Gasteiger partial charge in [0.05, 0.1) is 22.9 Å². The largest absolute Gasteiger partial charge is 0.335 e. The van der Waals surface area contributed by atoms with Crippen LogP contribution in [-0.2, 0) is 6.54 Å². The molecule has 0 aliphatic heterocycles. The molecule has 0 unspecified atom stereocenters. The molecule has 0 aromatic carbocycles. The first-order valence-electron chi connectivity index (χ1n) is 10.5. The zero-order chi connectivity index (χ0) is 22.4. The fourth-order valence-corrected chi connectivity index (χ4v) is 4.67. The number of thiophene rings is 1. The minimum Gasteiger partial charge on any atom is -0.335 e. The van der Waals surface area contributed by atoms with Crippen molar-refractivity contribution >= 4 is 33.4 Å². The molecule has 6 aromatic rings. The highest BCUT2D eigenvalue weighted by molar-refractivity contribution is 7.08. The Morgan fingerprint density at radius 1 is 1.03 bits per heavy atom. The van der Waals surface area contributed by atoms with Crippen LogP contribution in [0.15, 0.2) is 59.8 Å². The summed E-state index contributed by atoms with van der Waals surface area (Å²) in [5, 5.41) is 12.7. The topological polar surface area (TPSA) is 99.3 Å². The molecule has 6 heterocycles. The molecule has 2 N–H and O–H groups in total. The zero-order valence-corrected chi connectivity index (χ0v) is 18.9. The van der Waals surface area contributed by atoms with Gasteiger partial charge in [-0.05, 0) is 60.2 Å².